The third kappa shape index (κ3) is 6.52. The number of carbonyl (C=O) groups is 1. The van der Waals surface area contributed by atoms with Gasteiger partial charge in [-0.25, -0.2) is 17.1 Å². The molecule has 0 unspecified atom stereocenters. The van der Waals surface area contributed by atoms with Gasteiger partial charge >= 0.3 is 0 Å². The van der Waals surface area contributed by atoms with Crippen molar-refractivity contribution in [3.8, 4) is 0 Å². The Labute approximate surface area is 176 Å². The van der Waals surface area contributed by atoms with Crippen LogP contribution in [0.15, 0.2) is 53.4 Å². The number of benzene rings is 2. The van der Waals surface area contributed by atoms with Crippen molar-refractivity contribution in [1.82, 2.24) is 9.62 Å². The van der Waals surface area contributed by atoms with Crippen LogP contribution in [0.25, 0.3) is 0 Å². The van der Waals surface area contributed by atoms with Gasteiger partial charge < -0.3 is 5.32 Å². The van der Waals surface area contributed by atoms with Crippen LogP contribution < -0.4 is 5.32 Å². The highest BCUT2D eigenvalue weighted by molar-refractivity contribution is 7.89. The lowest BCUT2D eigenvalue weighted by atomic mass is 9.84. The van der Waals surface area contributed by atoms with Crippen LogP contribution in [0.3, 0.4) is 0 Å². The molecule has 0 aliphatic rings. The molecule has 0 atom stereocenters. The zero-order valence-electron chi connectivity index (χ0n) is 16.8. The molecule has 5 nitrogen and oxygen atoms in total. The molecule has 2 aromatic carbocycles. The van der Waals surface area contributed by atoms with E-state index in [0.29, 0.717) is 18.0 Å². The molecule has 0 aliphatic carbocycles. The average Bonchev–Trinajstić information content (AvgIpc) is 2.67. The Morgan fingerprint density at radius 2 is 1.69 bits per heavy atom. The molecule has 0 bridgehead atoms. The molecule has 2 rings (SSSR count). The molecule has 1 amide bonds. The summed E-state index contributed by atoms with van der Waals surface area (Å²) in [6, 6.07) is 12.2. The Balaban J connectivity index is 1.81. The number of rotatable bonds is 9. The summed E-state index contributed by atoms with van der Waals surface area (Å²) in [5.74, 6) is -0.635. The normalized spacial score (nSPS) is 12.2. The molecule has 0 radical (unpaired) electrons. The van der Waals surface area contributed by atoms with Gasteiger partial charge in [0.1, 0.15) is 5.82 Å². The molecule has 158 valence electrons. The maximum Gasteiger partial charge on any atom is 0.242 e. The third-order valence-corrected chi connectivity index (χ3v) is 6.87. The van der Waals surface area contributed by atoms with E-state index in [0.717, 1.165) is 17.7 Å². The van der Waals surface area contributed by atoms with Crippen molar-refractivity contribution in [2.24, 2.45) is 0 Å². The summed E-state index contributed by atoms with van der Waals surface area (Å²) >= 11 is 5.92. The van der Waals surface area contributed by atoms with E-state index in [1.165, 1.54) is 23.5 Å². The summed E-state index contributed by atoms with van der Waals surface area (Å²) in [5.41, 5.74) is 0.801. The minimum absolute atomic E-state index is 0.0237. The quantitative estimate of drug-likeness (QED) is 0.641. The lowest BCUT2D eigenvalue weighted by molar-refractivity contribution is -0.121. The molecule has 0 aliphatic heterocycles. The standard InChI is InChI=1S/C21H26ClFN2O3S/c1-21(2,16-6-8-17(22)9-7-16)15-24-20(26)5-4-14-25(3)29(27,28)19-12-10-18(23)11-13-19/h6-13H,4-5,14-15H2,1-3H3,(H,24,26). The second-order valence-electron chi connectivity index (χ2n) is 7.55. The van der Waals surface area contributed by atoms with Gasteiger partial charge in [-0.15, -0.1) is 0 Å². The van der Waals surface area contributed by atoms with Gasteiger partial charge in [0, 0.05) is 37.0 Å². The number of halogens is 2. The maximum absolute atomic E-state index is 13.0. The molecule has 0 aromatic heterocycles. The van der Waals surface area contributed by atoms with Crippen molar-refractivity contribution in [3.05, 3.63) is 64.9 Å². The van der Waals surface area contributed by atoms with Gasteiger partial charge in [-0.3, -0.25) is 4.79 Å². The second-order valence-corrected chi connectivity index (χ2v) is 10.0. The number of nitrogens with one attached hydrogen (secondary N) is 1. The lowest BCUT2D eigenvalue weighted by Crippen LogP contribution is -2.37. The Hall–Kier alpha value is -1.96. The fraction of sp³-hybridized carbons (Fsp3) is 0.381. The SMILES string of the molecule is CN(CCCC(=O)NCC(C)(C)c1ccc(Cl)cc1)S(=O)(=O)c1ccc(F)cc1. The molecule has 8 heteroatoms. The Kier molecular flexibility index (Phi) is 7.80. The van der Waals surface area contributed by atoms with Crippen LogP contribution in [0.1, 0.15) is 32.3 Å². The highest BCUT2D eigenvalue weighted by atomic mass is 35.5. The van der Waals surface area contributed by atoms with Gasteiger partial charge in [-0.2, -0.15) is 0 Å². The van der Waals surface area contributed by atoms with Crippen LogP contribution >= 0.6 is 11.6 Å². The van der Waals surface area contributed by atoms with Crippen molar-refractivity contribution in [2.75, 3.05) is 20.1 Å². The number of nitrogens with zero attached hydrogens (tertiary/aromatic N) is 1. The topological polar surface area (TPSA) is 66.5 Å². The first-order valence-electron chi connectivity index (χ1n) is 9.27. The number of amides is 1. The fourth-order valence-electron chi connectivity index (χ4n) is 2.78. The largest absolute Gasteiger partial charge is 0.355 e. The Morgan fingerprint density at radius 3 is 2.28 bits per heavy atom. The van der Waals surface area contributed by atoms with E-state index in [9.17, 15) is 17.6 Å². The van der Waals surface area contributed by atoms with Gasteiger partial charge in [0.2, 0.25) is 15.9 Å². The second kappa shape index (κ2) is 9.69. The Morgan fingerprint density at radius 1 is 1.10 bits per heavy atom. The lowest BCUT2D eigenvalue weighted by Gasteiger charge is -2.26. The number of hydrogen-bond donors (Lipinski definition) is 1. The van der Waals surface area contributed by atoms with Crippen LogP contribution in [-0.2, 0) is 20.2 Å². The summed E-state index contributed by atoms with van der Waals surface area (Å²) in [6.07, 6.45) is 0.587. The maximum atomic E-state index is 13.0. The zero-order chi connectivity index (χ0) is 21.7. The first kappa shape index (κ1) is 23.3. The van der Waals surface area contributed by atoms with Crippen LogP contribution in [0.5, 0.6) is 0 Å². The van der Waals surface area contributed by atoms with E-state index in [-0.39, 0.29) is 29.2 Å². The first-order chi connectivity index (χ1) is 13.5. The first-order valence-corrected chi connectivity index (χ1v) is 11.1. The summed E-state index contributed by atoms with van der Waals surface area (Å²) in [4.78, 5) is 12.2. The fourth-order valence-corrected chi connectivity index (χ4v) is 4.12. The molecule has 0 saturated heterocycles. The molecule has 0 spiro atoms. The van der Waals surface area contributed by atoms with Crippen LogP contribution in [0, 0.1) is 5.82 Å². The molecule has 0 heterocycles. The van der Waals surface area contributed by atoms with Crippen molar-refractivity contribution in [3.63, 3.8) is 0 Å². The smallest absolute Gasteiger partial charge is 0.242 e. The van der Waals surface area contributed by atoms with E-state index in [4.69, 9.17) is 11.6 Å². The predicted octanol–water partition coefficient (Wildman–Crippen LogP) is 3.97. The number of sulfonamides is 1. The molecular weight excluding hydrogens is 415 g/mol. The average molecular weight is 441 g/mol. The van der Waals surface area contributed by atoms with Gasteiger partial charge in [-0.05, 0) is 48.4 Å². The predicted molar refractivity (Wildman–Crippen MR) is 113 cm³/mol. The van der Waals surface area contributed by atoms with E-state index in [1.54, 1.807) is 0 Å². The van der Waals surface area contributed by atoms with Crippen LogP contribution in [-0.4, -0.2) is 38.8 Å². The van der Waals surface area contributed by atoms with Gasteiger partial charge in [0.05, 0.1) is 4.90 Å². The molecule has 0 saturated carbocycles. The van der Waals surface area contributed by atoms with Gasteiger partial charge in [0.15, 0.2) is 0 Å². The number of carbonyl (C=O) groups excluding carboxylic acids is 1. The Bertz CT molecular complexity index is 929. The summed E-state index contributed by atoms with van der Waals surface area (Å²) in [7, 11) is -2.26. The minimum Gasteiger partial charge on any atom is -0.355 e. The molecule has 2 aromatic rings. The minimum atomic E-state index is -3.70. The summed E-state index contributed by atoms with van der Waals surface area (Å²) in [6.45, 7) is 4.70. The molecule has 0 fully saturated rings. The van der Waals surface area contributed by atoms with Crippen molar-refractivity contribution < 1.29 is 17.6 Å². The molecule has 29 heavy (non-hydrogen) atoms. The summed E-state index contributed by atoms with van der Waals surface area (Å²) < 4.78 is 39.1. The van der Waals surface area contributed by atoms with Crippen molar-refractivity contribution >= 4 is 27.5 Å². The van der Waals surface area contributed by atoms with E-state index >= 15 is 0 Å². The van der Waals surface area contributed by atoms with Crippen LogP contribution in [0.4, 0.5) is 4.39 Å². The highest BCUT2D eigenvalue weighted by Gasteiger charge is 2.22. The van der Waals surface area contributed by atoms with Crippen molar-refractivity contribution in [1.29, 1.82) is 0 Å². The summed E-state index contributed by atoms with van der Waals surface area (Å²) in [5, 5.41) is 3.57. The van der Waals surface area contributed by atoms with E-state index in [2.05, 4.69) is 5.32 Å². The van der Waals surface area contributed by atoms with E-state index in [1.807, 2.05) is 38.1 Å². The van der Waals surface area contributed by atoms with Gasteiger partial charge in [-0.1, -0.05) is 37.6 Å². The van der Waals surface area contributed by atoms with E-state index < -0.39 is 15.8 Å². The molecule has 1 N–H and O–H groups in total. The third-order valence-electron chi connectivity index (χ3n) is 4.75. The monoisotopic (exact) mass is 440 g/mol. The van der Waals surface area contributed by atoms with Crippen LogP contribution in [0.2, 0.25) is 5.02 Å². The highest BCUT2D eigenvalue weighted by Crippen LogP contribution is 2.24. The number of hydrogen-bond acceptors (Lipinski definition) is 3. The van der Waals surface area contributed by atoms with Crippen molar-refractivity contribution in [2.45, 2.75) is 37.0 Å². The van der Waals surface area contributed by atoms with Gasteiger partial charge in [0.25, 0.3) is 0 Å². The zero-order valence-corrected chi connectivity index (χ0v) is 18.4. The molecular formula is C21H26ClFN2O3S.